The minimum Gasteiger partial charge on any atom is -0.313 e. The van der Waals surface area contributed by atoms with Crippen molar-refractivity contribution in [3.63, 3.8) is 0 Å². The summed E-state index contributed by atoms with van der Waals surface area (Å²) in [6.07, 6.45) is 11.9. The average molecular weight is 289 g/mol. The topological polar surface area (TPSA) is 12.0 Å². The molecule has 3 unspecified atom stereocenters. The van der Waals surface area contributed by atoms with Crippen LogP contribution in [0.1, 0.15) is 55.6 Å². The largest absolute Gasteiger partial charge is 0.313 e. The van der Waals surface area contributed by atoms with Crippen LogP contribution in [0.2, 0.25) is 0 Å². The highest BCUT2D eigenvalue weighted by Gasteiger charge is 2.24. The van der Waals surface area contributed by atoms with Crippen LogP contribution in [-0.4, -0.2) is 24.1 Å². The first-order chi connectivity index (χ1) is 9.86. The molecule has 0 heterocycles. The number of nitrogens with one attached hydrogen (secondary N) is 1. The van der Waals surface area contributed by atoms with Crippen molar-refractivity contribution < 1.29 is 0 Å². The van der Waals surface area contributed by atoms with E-state index in [1.807, 2.05) is 0 Å². The molecule has 2 heteroatoms. The van der Waals surface area contributed by atoms with Crippen molar-refractivity contribution in [3.8, 4) is 0 Å². The van der Waals surface area contributed by atoms with Crippen molar-refractivity contribution in [3.05, 3.63) is 35.4 Å². The van der Waals surface area contributed by atoms with Gasteiger partial charge < -0.3 is 5.32 Å². The Kier molecular flexibility index (Phi) is 5.06. The number of thioether (sulfide) groups is 1. The number of aryl methyl sites for hydroxylation is 1. The molecule has 0 saturated heterocycles. The second-order valence-corrected chi connectivity index (χ2v) is 7.56. The molecule has 3 rings (SSSR count). The molecule has 0 aromatic heterocycles. The first-order valence-electron chi connectivity index (χ1n) is 8.21. The third-order valence-corrected chi connectivity index (χ3v) is 6.20. The maximum atomic E-state index is 3.88. The van der Waals surface area contributed by atoms with Gasteiger partial charge in [0.2, 0.25) is 0 Å². The Labute approximate surface area is 127 Å². The van der Waals surface area contributed by atoms with E-state index in [-0.39, 0.29) is 0 Å². The van der Waals surface area contributed by atoms with E-state index in [1.54, 1.807) is 11.1 Å². The molecular formula is C18H27NS. The standard InChI is InChI=1S/C18H27NS/c1-20-17-10-5-9-16(12-17)19-13-15-8-4-7-14-6-2-3-11-18(14)15/h2-3,6,11,15-17,19H,4-5,7-10,12-13H2,1H3. The molecule has 1 aromatic rings. The van der Waals surface area contributed by atoms with Gasteiger partial charge in [-0.25, -0.2) is 0 Å². The maximum absolute atomic E-state index is 3.88. The molecule has 1 aromatic carbocycles. The van der Waals surface area contributed by atoms with E-state index in [2.05, 4.69) is 47.6 Å². The number of hydrogen-bond acceptors (Lipinski definition) is 2. The van der Waals surface area contributed by atoms with Gasteiger partial charge in [0, 0.05) is 17.8 Å². The van der Waals surface area contributed by atoms with Gasteiger partial charge >= 0.3 is 0 Å². The quantitative estimate of drug-likeness (QED) is 0.883. The third kappa shape index (κ3) is 3.40. The van der Waals surface area contributed by atoms with Crippen LogP contribution in [0.5, 0.6) is 0 Å². The molecule has 1 N–H and O–H groups in total. The van der Waals surface area contributed by atoms with Crippen molar-refractivity contribution in [2.75, 3.05) is 12.8 Å². The Morgan fingerprint density at radius 1 is 1.15 bits per heavy atom. The van der Waals surface area contributed by atoms with Crippen LogP contribution in [0.25, 0.3) is 0 Å². The fourth-order valence-corrected chi connectivity index (χ4v) is 4.75. The fourth-order valence-electron chi connectivity index (χ4n) is 3.92. The monoisotopic (exact) mass is 289 g/mol. The summed E-state index contributed by atoms with van der Waals surface area (Å²) in [6, 6.07) is 9.84. The molecule has 2 aliphatic carbocycles. The van der Waals surface area contributed by atoms with Gasteiger partial charge in [-0.2, -0.15) is 11.8 Å². The highest BCUT2D eigenvalue weighted by molar-refractivity contribution is 7.99. The molecule has 1 fully saturated rings. The smallest absolute Gasteiger partial charge is 0.00778 e. The van der Waals surface area contributed by atoms with E-state index in [4.69, 9.17) is 0 Å². The van der Waals surface area contributed by atoms with Crippen molar-refractivity contribution in [1.29, 1.82) is 0 Å². The van der Waals surface area contributed by atoms with Crippen LogP contribution in [0.15, 0.2) is 24.3 Å². The zero-order valence-corrected chi connectivity index (χ0v) is 13.4. The fraction of sp³-hybridized carbons (Fsp3) is 0.667. The van der Waals surface area contributed by atoms with Gasteiger partial charge in [-0.05, 0) is 61.8 Å². The summed E-state index contributed by atoms with van der Waals surface area (Å²) in [7, 11) is 0. The molecule has 20 heavy (non-hydrogen) atoms. The number of benzene rings is 1. The second kappa shape index (κ2) is 7.00. The maximum Gasteiger partial charge on any atom is 0.00778 e. The first kappa shape index (κ1) is 14.5. The van der Waals surface area contributed by atoms with Crippen LogP contribution in [-0.2, 0) is 6.42 Å². The summed E-state index contributed by atoms with van der Waals surface area (Å²) >= 11 is 2.06. The van der Waals surface area contributed by atoms with Gasteiger partial charge in [0.1, 0.15) is 0 Å². The van der Waals surface area contributed by atoms with Gasteiger partial charge in [0.25, 0.3) is 0 Å². The summed E-state index contributed by atoms with van der Waals surface area (Å²) in [6.45, 7) is 1.18. The van der Waals surface area contributed by atoms with E-state index in [0.717, 1.165) is 17.2 Å². The van der Waals surface area contributed by atoms with Gasteiger partial charge in [-0.1, -0.05) is 30.7 Å². The molecule has 110 valence electrons. The van der Waals surface area contributed by atoms with Crippen LogP contribution in [0.3, 0.4) is 0 Å². The summed E-state index contributed by atoms with van der Waals surface area (Å²) in [5.41, 5.74) is 3.21. The lowest BCUT2D eigenvalue weighted by molar-refractivity contribution is 0.363. The molecule has 0 aliphatic heterocycles. The second-order valence-electron chi connectivity index (χ2n) is 6.42. The third-order valence-electron chi connectivity index (χ3n) is 5.11. The summed E-state index contributed by atoms with van der Waals surface area (Å²) in [4.78, 5) is 0. The zero-order chi connectivity index (χ0) is 13.8. The lowest BCUT2D eigenvalue weighted by Gasteiger charge is -2.32. The summed E-state index contributed by atoms with van der Waals surface area (Å²) < 4.78 is 0. The molecule has 0 spiro atoms. The Bertz CT molecular complexity index is 431. The number of rotatable bonds is 4. The number of fused-ring (bicyclic) bond motifs is 1. The summed E-state index contributed by atoms with van der Waals surface area (Å²) in [5.74, 6) is 0.745. The van der Waals surface area contributed by atoms with Crippen LogP contribution >= 0.6 is 11.8 Å². The van der Waals surface area contributed by atoms with Crippen molar-refractivity contribution >= 4 is 11.8 Å². The predicted octanol–water partition coefficient (Wildman–Crippen LogP) is 4.37. The average Bonchev–Trinajstić information content (AvgIpc) is 2.53. The first-order valence-corrected chi connectivity index (χ1v) is 9.49. The zero-order valence-electron chi connectivity index (χ0n) is 12.6. The molecule has 2 aliphatic rings. The van der Waals surface area contributed by atoms with E-state index >= 15 is 0 Å². The van der Waals surface area contributed by atoms with Crippen molar-refractivity contribution in [1.82, 2.24) is 5.32 Å². The molecule has 3 atom stereocenters. The molecule has 1 nitrogen and oxygen atoms in total. The SMILES string of the molecule is CSC1CCCC(NCC2CCCc3ccccc32)C1. The van der Waals surface area contributed by atoms with Gasteiger partial charge in [-0.3, -0.25) is 0 Å². The van der Waals surface area contributed by atoms with Crippen molar-refractivity contribution in [2.24, 2.45) is 0 Å². The molecular weight excluding hydrogens is 262 g/mol. The van der Waals surface area contributed by atoms with Crippen LogP contribution in [0.4, 0.5) is 0 Å². The van der Waals surface area contributed by atoms with E-state index < -0.39 is 0 Å². The van der Waals surface area contributed by atoms with Gasteiger partial charge in [0.05, 0.1) is 0 Å². The van der Waals surface area contributed by atoms with Crippen LogP contribution < -0.4 is 5.32 Å². The molecule has 0 amide bonds. The van der Waals surface area contributed by atoms with Gasteiger partial charge in [0.15, 0.2) is 0 Å². The predicted molar refractivity (Wildman–Crippen MR) is 89.7 cm³/mol. The Morgan fingerprint density at radius 3 is 2.95 bits per heavy atom. The molecule has 0 bridgehead atoms. The lowest BCUT2D eigenvalue weighted by Crippen LogP contribution is -2.38. The van der Waals surface area contributed by atoms with E-state index in [9.17, 15) is 0 Å². The van der Waals surface area contributed by atoms with E-state index in [0.29, 0.717) is 0 Å². The minimum absolute atomic E-state index is 0.745. The Hall–Kier alpha value is -0.470. The Morgan fingerprint density at radius 2 is 2.05 bits per heavy atom. The molecule has 0 radical (unpaired) electrons. The lowest BCUT2D eigenvalue weighted by atomic mass is 9.82. The highest BCUT2D eigenvalue weighted by atomic mass is 32.2. The van der Waals surface area contributed by atoms with Crippen molar-refractivity contribution in [2.45, 2.75) is 62.2 Å². The normalized spacial score (nSPS) is 29.9. The highest BCUT2D eigenvalue weighted by Crippen LogP contribution is 2.32. The summed E-state index contributed by atoms with van der Waals surface area (Å²) in [5, 5.41) is 4.77. The van der Waals surface area contributed by atoms with E-state index in [1.165, 1.54) is 51.5 Å². The Balaban J connectivity index is 1.56. The number of hydrogen-bond donors (Lipinski definition) is 1. The van der Waals surface area contributed by atoms with Gasteiger partial charge in [-0.15, -0.1) is 0 Å². The molecule has 1 saturated carbocycles. The van der Waals surface area contributed by atoms with Crippen LogP contribution in [0, 0.1) is 0 Å². The minimum atomic E-state index is 0.745.